The minimum absolute atomic E-state index is 0.321. The number of nitrogens with two attached hydrogens (primary N) is 1. The molecule has 3 heterocycles. The maximum atomic E-state index is 10.6. The van der Waals surface area contributed by atoms with Crippen LogP contribution in [-0.4, -0.2) is 84.0 Å². The molecule has 3 N–H and O–H groups in total. The van der Waals surface area contributed by atoms with Crippen LogP contribution in [0.5, 0.6) is 5.75 Å². The normalized spacial score (nSPS) is 21.1. The number of piperazine rings is 1. The van der Waals surface area contributed by atoms with Crippen LogP contribution in [0.3, 0.4) is 0 Å². The van der Waals surface area contributed by atoms with E-state index in [0.717, 1.165) is 88.6 Å². The van der Waals surface area contributed by atoms with Crippen molar-refractivity contribution in [2.24, 2.45) is 4.99 Å². The highest BCUT2D eigenvalue weighted by Gasteiger charge is 2.27. The van der Waals surface area contributed by atoms with Gasteiger partial charge in [0.25, 0.3) is 0 Å². The lowest BCUT2D eigenvalue weighted by Crippen LogP contribution is -2.50. The molecule has 1 aromatic heterocycles. The maximum absolute atomic E-state index is 10.6. The van der Waals surface area contributed by atoms with Crippen LogP contribution in [0.25, 0.3) is 0 Å². The first-order valence-electron chi connectivity index (χ1n) is 12.6. The quantitative estimate of drug-likeness (QED) is 0.634. The predicted octanol–water partition coefficient (Wildman–Crippen LogP) is 3.18. The van der Waals surface area contributed by atoms with Gasteiger partial charge in [-0.3, -0.25) is 14.8 Å². The Hall–Kier alpha value is -2.42. The number of aliphatic imine (C=N–C) groups is 1. The molecule has 3 aliphatic rings. The molecule has 7 nitrogen and oxygen atoms in total. The summed E-state index contributed by atoms with van der Waals surface area (Å²) in [6.45, 7) is 10.4. The number of phenolic OH excluding ortho intramolecular Hbond substituents is 1. The number of anilines is 2. The van der Waals surface area contributed by atoms with E-state index in [9.17, 15) is 5.11 Å². The number of fused-ring (bicyclic) bond motifs is 1. The molecule has 34 heavy (non-hydrogen) atoms. The van der Waals surface area contributed by atoms with Crippen molar-refractivity contribution >= 4 is 27.9 Å². The standard InChI is InChI=1S/C26H36N6OS/c1-2-31(20-7-9-23-25(18-20)34-26(27)29-23)14-11-30-12-15-32(16-13-30)19-6-8-21(24(33)17-19)22-5-3-4-10-28-22/h3,5-6,8,17,20,33H,2,4,7,9-16,18H2,1H3,(H2,27,29). The first-order chi connectivity index (χ1) is 16.6. The van der Waals surface area contributed by atoms with E-state index in [1.54, 1.807) is 11.3 Å². The lowest BCUT2D eigenvalue weighted by atomic mass is 9.96. The minimum Gasteiger partial charge on any atom is -0.507 e. The molecule has 182 valence electrons. The number of thiazole rings is 1. The van der Waals surface area contributed by atoms with Crippen molar-refractivity contribution in [2.45, 2.75) is 38.6 Å². The summed E-state index contributed by atoms with van der Waals surface area (Å²) in [6.07, 6.45) is 8.43. The van der Waals surface area contributed by atoms with Crippen LogP contribution in [0.2, 0.25) is 0 Å². The molecule has 0 spiro atoms. The summed E-state index contributed by atoms with van der Waals surface area (Å²) in [5, 5.41) is 11.3. The van der Waals surface area contributed by atoms with Gasteiger partial charge in [0.1, 0.15) is 5.75 Å². The molecular weight excluding hydrogens is 444 g/mol. The van der Waals surface area contributed by atoms with Gasteiger partial charge in [0, 0.05) is 74.0 Å². The number of phenols is 1. The fourth-order valence-electron chi connectivity index (χ4n) is 5.40. The molecular formula is C26H36N6OS. The Labute approximate surface area is 206 Å². The lowest BCUT2D eigenvalue weighted by molar-refractivity contribution is 0.152. The molecule has 1 fully saturated rings. The first-order valence-corrected chi connectivity index (χ1v) is 13.4. The average molecular weight is 481 g/mol. The number of hydrogen-bond donors (Lipinski definition) is 2. The van der Waals surface area contributed by atoms with E-state index < -0.39 is 0 Å². The molecule has 1 unspecified atom stereocenters. The molecule has 1 atom stereocenters. The number of aromatic hydroxyl groups is 1. The van der Waals surface area contributed by atoms with E-state index >= 15 is 0 Å². The highest BCUT2D eigenvalue weighted by atomic mass is 32.1. The van der Waals surface area contributed by atoms with Gasteiger partial charge in [-0.05, 0) is 50.4 Å². The minimum atomic E-state index is 0.321. The molecule has 2 aromatic rings. The van der Waals surface area contributed by atoms with Crippen LogP contribution < -0.4 is 10.6 Å². The van der Waals surface area contributed by atoms with Crippen LogP contribution in [0.1, 0.15) is 35.9 Å². The van der Waals surface area contributed by atoms with E-state index in [-0.39, 0.29) is 0 Å². The number of aryl methyl sites for hydroxylation is 1. The fourth-order valence-corrected chi connectivity index (χ4v) is 6.35. The van der Waals surface area contributed by atoms with Crippen molar-refractivity contribution in [3.8, 4) is 5.75 Å². The van der Waals surface area contributed by atoms with Crippen molar-refractivity contribution in [3.63, 3.8) is 0 Å². The highest BCUT2D eigenvalue weighted by Crippen LogP contribution is 2.30. The van der Waals surface area contributed by atoms with Gasteiger partial charge in [0.2, 0.25) is 0 Å². The smallest absolute Gasteiger partial charge is 0.180 e. The summed E-state index contributed by atoms with van der Waals surface area (Å²) in [7, 11) is 0. The largest absolute Gasteiger partial charge is 0.507 e. The van der Waals surface area contributed by atoms with Gasteiger partial charge in [0.05, 0.1) is 11.4 Å². The number of nitrogen functional groups attached to an aromatic ring is 1. The third-order valence-electron chi connectivity index (χ3n) is 7.40. The zero-order chi connectivity index (χ0) is 23.5. The summed E-state index contributed by atoms with van der Waals surface area (Å²) in [5.74, 6) is 0.321. The number of hydrogen-bond acceptors (Lipinski definition) is 8. The average Bonchev–Trinajstić information content (AvgIpc) is 3.24. The summed E-state index contributed by atoms with van der Waals surface area (Å²) in [4.78, 5) is 18.0. The molecule has 0 amide bonds. The molecule has 1 aromatic carbocycles. The Bertz CT molecular complexity index is 1060. The Morgan fingerprint density at radius 1 is 1.24 bits per heavy atom. The second kappa shape index (κ2) is 10.5. The van der Waals surface area contributed by atoms with Gasteiger partial charge in [0.15, 0.2) is 5.13 Å². The summed E-state index contributed by atoms with van der Waals surface area (Å²) in [5.41, 5.74) is 9.97. The number of allylic oxidation sites excluding steroid dienone is 1. The van der Waals surface area contributed by atoms with Crippen LogP contribution in [0, 0.1) is 0 Å². The second-order valence-electron chi connectivity index (χ2n) is 9.44. The Morgan fingerprint density at radius 3 is 2.82 bits per heavy atom. The topological polar surface area (TPSA) is 81.2 Å². The van der Waals surface area contributed by atoms with Crippen LogP contribution in [-0.2, 0) is 12.8 Å². The number of likely N-dealkylation sites (N-methyl/N-ethyl adjacent to an activating group) is 1. The Kier molecular flexibility index (Phi) is 7.18. The molecule has 1 aliphatic carbocycles. The summed E-state index contributed by atoms with van der Waals surface area (Å²) in [6, 6.07) is 6.64. The summed E-state index contributed by atoms with van der Waals surface area (Å²) >= 11 is 1.67. The number of rotatable bonds is 7. The van der Waals surface area contributed by atoms with E-state index in [0.29, 0.717) is 16.9 Å². The van der Waals surface area contributed by atoms with Crippen molar-refractivity contribution in [1.29, 1.82) is 0 Å². The van der Waals surface area contributed by atoms with Gasteiger partial charge >= 0.3 is 0 Å². The molecule has 0 radical (unpaired) electrons. The highest BCUT2D eigenvalue weighted by molar-refractivity contribution is 7.15. The van der Waals surface area contributed by atoms with E-state index in [4.69, 9.17) is 5.73 Å². The van der Waals surface area contributed by atoms with Gasteiger partial charge in [-0.25, -0.2) is 4.98 Å². The number of dihydropyridines is 1. The van der Waals surface area contributed by atoms with Gasteiger partial charge in [-0.2, -0.15) is 0 Å². The third kappa shape index (κ3) is 5.14. The van der Waals surface area contributed by atoms with E-state index in [2.05, 4.69) is 43.7 Å². The SMILES string of the molecule is CCN(CCN1CCN(c2ccc(C3=NCCC=C3)c(O)c2)CC1)C1CCc2nc(N)sc2C1. The predicted molar refractivity (Wildman–Crippen MR) is 142 cm³/mol. The van der Waals surface area contributed by atoms with Crippen LogP contribution in [0.4, 0.5) is 10.8 Å². The fraction of sp³-hybridized carbons (Fsp3) is 0.538. The van der Waals surface area contributed by atoms with E-state index in [1.807, 2.05) is 18.2 Å². The maximum Gasteiger partial charge on any atom is 0.180 e. The third-order valence-corrected chi connectivity index (χ3v) is 8.35. The van der Waals surface area contributed by atoms with Crippen molar-refractivity contribution in [2.75, 3.05) is 63.0 Å². The molecule has 2 aliphatic heterocycles. The van der Waals surface area contributed by atoms with Gasteiger partial charge in [-0.15, -0.1) is 11.3 Å². The molecule has 1 saturated heterocycles. The zero-order valence-corrected chi connectivity index (χ0v) is 20.9. The first kappa shape index (κ1) is 23.3. The van der Waals surface area contributed by atoms with E-state index in [1.165, 1.54) is 17.0 Å². The van der Waals surface area contributed by atoms with Gasteiger partial charge < -0.3 is 15.7 Å². The zero-order valence-electron chi connectivity index (χ0n) is 20.1. The molecule has 0 saturated carbocycles. The lowest BCUT2D eigenvalue weighted by Gasteiger charge is -2.38. The monoisotopic (exact) mass is 480 g/mol. The van der Waals surface area contributed by atoms with Crippen molar-refractivity contribution in [3.05, 3.63) is 46.5 Å². The molecule has 0 bridgehead atoms. The second-order valence-corrected chi connectivity index (χ2v) is 10.6. The van der Waals surface area contributed by atoms with Crippen LogP contribution >= 0.6 is 11.3 Å². The van der Waals surface area contributed by atoms with Gasteiger partial charge in [-0.1, -0.05) is 13.0 Å². The summed E-state index contributed by atoms with van der Waals surface area (Å²) < 4.78 is 0. The van der Waals surface area contributed by atoms with Crippen molar-refractivity contribution in [1.82, 2.24) is 14.8 Å². The molecule has 5 rings (SSSR count). The Balaban J connectivity index is 1.12. The van der Waals surface area contributed by atoms with Crippen molar-refractivity contribution < 1.29 is 5.11 Å². The molecule has 8 heteroatoms. The van der Waals surface area contributed by atoms with Crippen LogP contribution in [0.15, 0.2) is 35.3 Å². The Morgan fingerprint density at radius 2 is 2.09 bits per heavy atom. The number of benzene rings is 1. The number of nitrogens with zero attached hydrogens (tertiary/aromatic N) is 5. The number of aromatic nitrogens is 1.